The first-order chi connectivity index (χ1) is 28.9. The van der Waals surface area contributed by atoms with E-state index in [1.165, 1.54) is 11.1 Å². The molecule has 60 heavy (non-hydrogen) atoms. The molecule has 260 valence electrons. The van der Waals surface area contributed by atoms with Crippen molar-refractivity contribution in [3.05, 3.63) is 132 Å². The second kappa shape index (κ2) is 13.0. The van der Waals surface area contributed by atoms with Gasteiger partial charge in [-0.3, -0.25) is 0 Å². The Morgan fingerprint density at radius 3 is 1.55 bits per heavy atom. The highest BCUT2D eigenvalue weighted by Gasteiger charge is 2.36. The molecule has 0 N–H and O–H groups in total. The molecule has 0 bridgehead atoms. The number of hydrogen-bond acceptors (Lipinski definition) is 1. The second-order valence-corrected chi connectivity index (χ2v) is 16.5. The summed E-state index contributed by atoms with van der Waals surface area (Å²) >= 11 is 0. The van der Waals surface area contributed by atoms with Crippen molar-refractivity contribution < 1.29 is 4.42 Å². The molecule has 9 aromatic carbocycles. The van der Waals surface area contributed by atoms with Crippen molar-refractivity contribution in [2.45, 2.75) is 19.3 Å². The fraction of sp³-hybridized carbons (Fsp3) is 0.0588. The predicted molar refractivity (Wildman–Crippen MR) is 263 cm³/mol. The molecule has 0 saturated carbocycles. The minimum atomic E-state index is -0.294. The van der Waals surface area contributed by atoms with E-state index in [2.05, 4.69) is 98.8 Å². The zero-order chi connectivity index (χ0) is 41.5. The van der Waals surface area contributed by atoms with Gasteiger partial charge in [-0.05, 0) is 101 Å². The molecule has 0 amide bonds. The zero-order valence-corrected chi connectivity index (χ0v) is 33.1. The maximum absolute atomic E-state index is 7.08. The Kier molecular flexibility index (Phi) is 8.06. The lowest BCUT2D eigenvalue weighted by Crippen LogP contribution is -2.50. The minimum Gasteiger partial charge on any atom is -0.455 e. The highest BCUT2D eigenvalue weighted by molar-refractivity contribution is 6.71. The third-order valence-corrected chi connectivity index (χ3v) is 13.1. The molecule has 16 radical (unpaired) electrons. The smallest absolute Gasteiger partial charge is 0.143 e. The second-order valence-electron chi connectivity index (χ2n) is 16.5. The Balaban J connectivity index is 1.21. The molecule has 9 heteroatoms. The van der Waals surface area contributed by atoms with Gasteiger partial charge in [0.25, 0.3) is 0 Å². The summed E-state index contributed by atoms with van der Waals surface area (Å²) in [5.74, 6) is 0. The minimum absolute atomic E-state index is 0.176. The molecular weight excluding hydrogens is 715 g/mol. The molecular formula is C51H26B8O. The van der Waals surface area contributed by atoms with Crippen LogP contribution in [0, 0.1) is 0 Å². The van der Waals surface area contributed by atoms with Crippen molar-refractivity contribution in [1.29, 1.82) is 0 Å². The summed E-state index contributed by atoms with van der Waals surface area (Å²) in [7, 11) is 55.1. The number of fused-ring (bicyclic) bond motifs is 10. The predicted octanol–water partition coefficient (Wildman–Crippen LogP) is 4.70. The van der Waals surface area contributed by atoms with Gasteiger partial charge in [0.2, 0.25) is 0 Å². The average Bonchev–Trinajstić information content (AvgIpc) is 3.77. The standard InChI is InChI=1S/C51H26B8O/c1-51(2)32-12-6-5-10-29(32)30-20-19-26(22-33(30)51)36-40-38(42(52)46(56)48(58)44(40)54)35(39-41(36)45(55)49(59)47(57)43(39)53)25-16-14-24(15-17-25)27-11-7-13-34-37(27)31-21-18-23-8-3-4-9-28(23)50(31)60-34/h3-22H,1-2H3. The normalized spacial score (nSPS) is 13.2. The molecule has 0 aliphatic heterocycles. The highest BCUT2D eigenvalue weighted by Crippen LogP contribution is 2.51. The molecule has 0 fully saturated rings. The topological polar surface area (TPSA) is 13.1 Å². The molecule has 0 spiro atoms. The highest BCUT2D eigenvalue weighted by atomic mass is 16.3. The van der Waals surface area contributed by atoms with Crippen molar-refractivity contribution in [1.82, 2.24) is 0 Å². The SMILES string of the molecule is [B]c1c([B])c([B])c2c(-c3ccc4c(c3)C(C)(C)c3ccccc3-4)c3c([B])c([B])c([B])c([B])c3c(-c3ccc(-c4cccc5oc6c7ccccc7ccc6c45)cc3)c2c1[B]. The molecule has 10 aromatic rings. The van der Waals surface area contributed by atoms with Crippen LogP contribution in [0.5, 0.6) is 0 Å². The summed E-state index contributed by atoms with van der Waals surface area (Å²) in [5, 5.41) is 6.62. The Morgan fingerprint density at radius 1 is 0.383 bits per heavy atom. The molecule has 0 atom stereocenters. The van der Waals surface area contributed by atoms with Crippen LogP contribution in [0.3, 0.4) is 0 Å². The lowest BCUT2D eigenvalue weighted by molar-refractivity contribution is 0.660. The van der Waals surface area contributed by atoms with E-state index in [4.69, 9.17) is 67.2 Å². The van der Waals surface area contributed by atoms with Gasteiger partial charge < -0.3 is 4.42 Å². The van der Waals surface area contributed by atoms with E-state index in [-0.39, 0.29) is 49.1 Å². The molecule has 0 saturated heterocycles. The van der Waals surface area contributed by atoms with Gasteiger partial charge in [0.05, 0.1) is 0 Å². The van der Waals surface area contributed by atoms with Crippen LogP contribution in [0.15, 0.2) is 126 Å². The van der Waals surface area contributed by atoms with Crippen LogP contribution < -0.4 is 43.7 Å². The maximum Gasteiger partial charge on any atom is 0.143 e. The number of benzene rings is 9. The fourth-order valence-corrected chi connectivity index (χ4v) is 9.99. The molecule has 1 nitrogen and oxygen atoms in total. The molecule has 11 rings (SSSR count). The van der Waals surface area contributed by atoms with Crippen molar-refractivity contribution >= 4 is 161 Å². The van der Waals surface area contributed by atoms with Crippen LogP contribution in [0.2, 0.25) is 0 Å². The first-order valence-corrected chi connectivity index (χ1v) is 19.8. The van der Waals surface area contributed by atoms with Crippen LogP contribution in [0.1, 0.15) is 25.0 Å². The summed E-state index contributed by atoms with van der Waals surface area (Å²) in [6.45, 7) is 4.47. The summed E-state index contributed by atoms with van der Waals surface area (Å²) in [6.07, 6.45) is 0. The van der Waals surface area contributed by atoms with Crippen LogP contribution in [0.4, 0.5) is 0 Å². The van der Waals surface area contributed by atoms with Gasteiger partial charge in [0.15, 0.2) is 0 Å². The molecule has 1 aliphatic carbocycles. The summed E-state index contributed by atoms with van der Waals surface area (Å²) in [5.41, 5.74) is 12.9. The van der Waals surface area contributed by atoms with Crippen molar-refractivity contribution in [2.75, 3.05) is 0 Å². The Bertz CT molecular complexity index is 3470. The van der Waals surface area contributed by atoms with E-state index in [0.717, 1.165) is 66.1 Å². The van der Waals surface area contributed by atoms with Crippen molar-refractivity contribution in [2.24, 2.45) is 0 Å². The van der Waals surface area contributed by atoms with Gasteiger partial charge in [-0.15, -0.1) is 21.9 Å². The number of rotatable bonds is 3. The van der Waals surface area contributed by atoms with Gasteiger partial charge in [-0.1, -0.05) is 139 Å². The molecule has 1 aromatic heterocycles. The first kappa shape index (κ1) is 37.1. The van der Waals surface area contributed by atoms with E-state index in [9.17, 15) is 0 Å². The summed E-state index contributed by atoms with van der Waals surface area (Å²) in [4.78, 5) is 0. The largest absolute Gasteiger partial charge is 0.455 e. The third kappa shape index (κ3) is 4.93. The quantitative estimate of drug-likeness (QED) is 0.189. The van der Waals surface area contributed by atoms with Crippen LogP contribution >= 0.6 is 0 Å². The summed E-state index contributed by atoms with van der Waals surface area (Å²) in [6, 6.07) is 41.8. The van der Waals surface area contributed by atoms with Crippen LogP contribution in [0.25, 0.3) is 98.8 Å². The average molecular weight is 741 g/mol. The van der Waals surface area contributed by atoms with Gasteiger partial charge in [-0.25, -0.2) is 0 Å². The third-order valence-electron chi connectivity index (χ3n) is 13.1. The monoisotopic (exact) mass is 742 g/mol. The Labute approximate surface area is 359 Å². The van der Waals surface area contributed by atoms with E-state index in [0.29, 0.717) is 32.7 Å². The van der Waals surface area contributed by atoms with Crippen molar-refractivity contribution in [3.63, 3.8) is 0 Å². The van der Waals surface area contributed by atoms with Crippen LogP contribution in [-0.2, 0) is 5.41 Å². The van der Waals surface area contributed by atoms with Gasteiger partial charge >= 0.3 is 0 Å². The van der Waals surface area contributed by atoms with Gasteiger partial charge in [0, 0.05) is 21.6 Å². The van der Waals surface area contributed by atoms with E-state index in [1.54, 1.807) is 0 Å². The Morgan fingerprint density at radius 2 is 0.900 bits per heavy atom. The molecule has 1 aliphatic rings. The Hall–Kier alpha value is -5.92. The lowest BCUT2D eigenvalue weighted by atomic mass is 9.59. The maximum atomic E-state index is 7.08. The molecule has 1 heterocycles. The fourth-order valence-electron chi connectivity index (χ4n) is 9.99. The first-order valence-electron chi connectivity index (χ1n) is 19.8. The van der Waals surface area contributed by atoms with E-state index < -0.39 is 0 Å². The van der Waals surface area contributed by atoms with Crippen molar-refractivity contribution in [3.8, 4) is 44.5 Å². The van der Waals surface area contributed by atoms with Gasteiger partial charge in [-0.2, -0.15) is 0 Å². The van der Waals surface area contributed by atoms with Crippen LogP contribution in [-0.4, -0.2) is 62.8 Å². The van der Waals surface area contributed by atoms with Gasteiger partial charge in [0.1, 0.15) is 73.9 Å². The number of hydrogen-bond donors (Lipinski definition) is 0. The van der Waals surface area contributed by atoms with E-state index >= 15 is 0 Å². The zero-order valence-electron chi connectivity index (χ0n) is 33.1. The van der Waals surface area contributed by atoms with E-state index in [1.807, 2.05) is 36.4 Å². The number of furan rings is 1. The lowest BCUT2D eigenvalue weighted by Gasteiger charge is -2.29. The summed E-state index contributed by atoms with van der Waals surface area (Å²) < 4.78 is 6.51. The molecule has 0 unspecified atom stereocenters.